The van der Waals surface area contributed by atoms with Gasteiger partial charge in [-0.15, -0.1) is 0 Å². The van der Waals surface area contributed by atoms with Crippen molar-refractivity contribution in [2.45, 2.75) is 32.4 Å². The maximum absolute atomic E-state index is 13.3. The summed E-state index contributed by atoms with van der Waals surface area (Å²) in [5.74, 6) is -0.485. The van der Waals surface area contributed by atoms with Crippen LogP contribution in [0.25, 0.3) is 21.9 Å². The number of aryl methyl sites for hydroxylation is 1. The maximum Gasteiger partial charge on any atom is 0.251 e. The Balaban J connectivity index is 1.19. The molecule has 204 valence electrons. The smallest absolute Gasteiger partial charge is 0.251 e. The fourth-order valence-corrected chi connectivity index (χ4v) is 5.78. The number of rotatable bonds is 7. The number of hydrogen-bond donors (Lipinski definition) is 2. The van der Waals surface area contributed by atoms with Crippen LogP contribution < -0.4 is 16.0 Å². The molecule has 0 saturated heterocycles. The Morgan fingerprint density at radius 3 is 2.37 bits per heavy atom. The molecule has 0 bridgehead atoms. The summed E-state index contributed by atoms with van der Waals surface area (Å²) in [4.78, 5) is 27.2. The van der Waals surface area contributed by atoms with Crippen LogP contribution in [0.4, 0.5) is 5.69 Å². The molecule has 0 saturated carbocycles. The second-order valence-electron chi connectivity index (χ2n) is 10.8. The minimum atomic E-state index is -0.425. The van der Waals surface area contributed by atoms with Gasteiger partial charge in [0, 0.05) is 29.9 Å². The lowest BCUT2D eigenvalue weighted by Crippen LogP contribution is -2.30. The van der Waals surface area contributed by atoms with Crippen molar-refractivity contribution in [3.8, 4) is 11.1 Å². The molecule has 41 heavy (non-hydrogen) atoms. The predicted molar refractivity (Wildman–Crippen MR) is 166 cm³/mol. The molecule has 1 aliphatic heterocycles. The topological polar surface area (TPSA) is 75.4 Å². The first-order valence-electron chi connectivity index (χ1n) is 14.1. The highest BCUT2D eigenvalue weighted by Gasteiger charge is 2.21. The highest BCUT2D eigenvalue weighted by atomic mass is 16.2. The first-order chi connectivity index (χ1) is 20.0. The van der Waals surface area contributed by atoms with Gasteiger partial charge in [0.1, 0.15) is 0 Å². The van der Waals surface area contributed by atoms with Crippen LogP contribution in [0.1, 0.15) is 56.8 Å². The van der Waals surface area contributed by atoms with E-state index in [4.69, 9.17) is 5.73 Å². The van der Waals surface area contributed by atoms with Crippen LogP contribution >= 0.6 is 0 Å². The van der Waals surface area contributed by atoms with E-state index in [-0.39, 0.29) is 11.9 Å². The minimum Gasteiger partial charge on any atom is -0.367 e. The van der Waals surface area contributed by atoms with E-state index in [1.165, 1.54) is 27.6 Å². The molecule has 5 heteroatoms. The standard InChI is InChI=1S/C36H33N3O2/c1-24(28-17-12-25-7-2-3-8-29(25)21-28)38-36(41)31-18-19-34-30(22-31)10-6-20-39(34)23-32-9-4-5-11-33(32)26-13-15-27(16-14-26)35(37)40/h2-5,7-9,11-19,21-22,24H,6,10,20,23H2,1H3,(H2,37,40)(H,38,41). The minimum absolute atomic E-state index is 0.0599. The molecule has 0 radical (unpaired) electrons. The van der Waals surface area contributed by atoms with Crippen molar-refractivity contribution >= 4 is 28.3 Å². The summed E-state index contributed by atoms with van der Waals surface area (Å²) in [7, 11) is 0. The van der Waals surface area contributed by atoms with Gasteiger partial charge in [0.25, 0.3) is 5.91 Å². The van der Waals surface area contributed by atoms with Gasteiger partial charge in [0.2, 0.25) is 5.91 Å². The summed E-state index contributed by atoms with van der Waals surface area (Å²) in [5, 5.41) is 5.55. The van der Waals surface area contributed by atoms with Crippen molar-refractivity contribution in [1.29, 1.82) is 0 Å². The SMILES string of the molecule is CC(NC(=O)c1ccc2c(c1)CCCN2Cc1ccccc1-c1ccc(C(N)=O)cc1)c1ccc2ccccc2c1. The molecule has 1 unspecified atom stereocenters. The molecule has 1 atom stereocenters. The van der Waals surface area contributed by atoms with Gasteiger partial charge in [-0.3, -0.25) is 9.59 Å². The number of carbonyl (C=O) groups is 2. The fourth-order valence-electron chi connectivity index (χ4n) is 5.78. The molecule has 1 heterocycles. The summed E-state index contributed by atoms with van der Waals surface area (Å²) in [6.45, 7) is 3.73. The van der Waals surface area contributed by atoms with Crippen LogP contribution in [0, 0.1) is 0 Å². The van der Waals surface area contributed by atoms with E-state index >= 15 is 0 Å². The first kappa shape index (κ1) is 26.3. The number of hydrogen-bond acceptors (Lipinski definition) is 3. The van der Waals surface area contributed by atoms with Crippen LogP contribution in [0.5, 0.6) is 0 Å². The summed E-state index contributed by atoms with van der Waals surface area (Å²) < 4.78 is 0. The van der Waals surface area contributed by atoms with Crippen molar-refractivity contribution in [3.05, 3.63) is 137 Å². The van der Waals surface area contributed by atoms with Crippen LogP contribution in [0.15, 0.2) is 109 Å². The Bertz CT molecular complexity index is 1740. The average Bonchev–Trinajstić information content (AvgIpc) is 3.01. The number of primary amides is 1. The summed E-state index contributed by atoms with van der Waals surface area (Å²) in [5.41, 5.74) is 13.5. The largest absolute Gasteiger partial charge is 0.367 e. The van der Waals surface area contributed by atoms with E-state index in [2.05, 4.69) is 70.9 Å². The molecule has 3 N–H and O–H groups in total. The van der Waals surface area contributed by atoms with Crippen LogP contribution in [-0.2, 0) is 13.0 Å². The molecule has 0 fully saturated rings. The molecule has 2 amide bonds. The number of fused-ring (bicyclic) bond motifs is 2. The van der Waals surface area contributed by atoms with E-state index < -0.39 is 5.91 Å². The molecule has 0 spiro atoms. The van der Waals surface area contributed by atoms with Crippen molar-refractivity contribution < 1.29 is 9.59 Å². The van der Waals surface area contributed by atoms with Gasteiger partial charge >= 0.3 is 0 Å². The lowest BCUT2D eigenvalue weighted by molar-refractivity contribution is 0.0938. The molecule has 6 rings (SSSR count). The van der Waals surface area contributed by atoms with Crippen molar-refractivity contribution in [2.75, 3.05) is 11.4 Å². The van der Waals surface area contributed by atoms with Crippen LogP contribution in [-0.4, -0.2) is 18.4 Å². The summed E-state index contributed by atoms with van der Waals surface area (Å²) in [6, 6.07) is 36.4. The molecule has 5 aromatic carbocycles. The Labute approximate surface area is 240 Å². The number of carbonyl (C=O) groups excluding carboxylic acids is 2. The van der Waals surface area contributed by atoms with Gasteiger partial charge in [-0.05, 0) is 94.8 Å². The second-order valence-corrected chi connectivity index (χ2v) is 10.8. The van der Waals surface area contributed by atoms with E-state index in [0.29, 0.717) is 11.1 Å². The Morgan fingerprint density at radius 2 is 1.56 bits per heavy atom. The third kappa shape index (κ3) is 5.57. The van der Waals surface area contributed by atoms with Crippen molar-refractivity contribution in [2.24, 2.45) is 5.73 Å². The number of nitrogens with one attached hydrogen (secondary N) is 1. The normalized spacial score (nSPS) is 13.4. The Kier molecular flexibility index (Phi) is 7.26. The monoisotopic (exact) mass is 539 g/mol. The zero-order valence-electron chi connectivity index (χ0n) is 23.1. The third-order valence-corrected chi connectivity index (χ3v) is 8.04. The van der Waals surface area contributed by atoms with Crippen LogP contribution in [0.2, 0.25) is 0 Å². The first-order valence-corrected chi connectivity index (χ1v) is 14.1. The quantitative estimate of drug-likeness (QED) is 0.233. The highest BCUT2D eigenvalue weighted by molar-refractivity contribution is 5.95. The number of benzene rings is 5. The molecule has 1 aliphatic rings. The van der Waals surface area contributed by atoms with E-state index in [1.54, 1.807) is 12.1 Å². The number of nitrogens with two attached hydrogens (primary N) is 1. The van der Waals surface area contributed by atoms with Gasteiger partial charge in [-0.2, -0.15) is 0 Å². The van der Waals surface area contributed by atoms with E-state index in [0.717, 1.165) is 42.6 Å². The molecule has 5 nitrogen and oxygen atoms in total. The van der Waals surface area contributed by atoms with Crippen LogP contribution in [0.3, 0.4) is 0 Å². The van der Waals surface area contributed by atoms with Gasteiger partial charge in [0.15, 0.2) is 0 Å². The Hall–Kier alpha value is -4.90. The van der Waals surface area contributed by atoms with Crippen molar-refractivity contribution in [3.63, 3.8) is 0 Å². The maximum atomic E-state index is 13.3. The molecular weight excluding hydrogens is 506 g/mol. The molecule has 0 aromatic heterocycles. The second kappa shape index (κ2) is 11.3. The van der Waals surface area contributed by atoms with E-state index in [1.807, 2.05) is 43.3 Å². The van der Waals surface area contributed by atoms with Gasteiger partial charge < -0.3 is 16.0 Å². The lowest BCUT2D eigenvalue weighted by Gasteiger charge is -2.32. The number of anilines is 1. The van der Waals surface area contributed by atoms with Gasteiger partial charge in [-0.1, -0.05) is 72.8 Å². The van der Waals surface area contributed by atoms with Gasteiger partial charge in [-0.25, -0.2) is 0 Å². The molecule has 0 aliphatic carbocycles. The molecule has 5 aromatic rings. The zero-order chi connectivity index (χ0) is 28.3. The number of amides is 2. The number of nitrogens with zero attached hydrogens (tertiary/aromatic N) is 1. The van der Waals surface area contributed by atoms with E-state index in [9.17, 15) is 9.59 Å². The summed E-state index contributed by atoms with van der Waals surface area (Å²) >= 11 is 0. The predicted octanol–water partition coefficient (Wildman–Crippen LogP) is 7.05. The zero-order valence-corrected chi connectivity index (χ0v) is 23.1. The molecular formula is C36H33N3O2. The van der Waals surface area contributed by atoms with Gasteiger partial charge in [0.05, 0.1) is 6.04 Å². The highest BCUT2D eigenvalue weighted by Crippen LogP contribution is 2.32. The van der Waals surface area contributed by atoms with Crippen molar-refractivity contribution in [1.82, 2.24) is 5.32 Å². The Morgan fingerprint density at radius 1 is 0.829 bits per heavy atom. The fraction of sp³-hybridized carbons (Fsp3) is 0.167. The summed E-state index contributed by atoms with van der Waals surface area (Å²) in [6.07, 6.45) is 1.98. The average molecular weight is 540 g/mol. The third-order valence-electron chi connectivity index (χ3n) is 8.04. The lowest BCUT2D eigenvalue weighted by atomic mass is 9.95.